The lowest BCUT2D eigenvalue weighted by Crippen LogP contribution is -2.60. The fraction of sp³-hybridized carbons (Fsp3) is 0.316. The Bertz CT molecular complexity index is 2310. The van der Waals surface area contributed by atoms with Gasteiger partial charge >= 0.3 is 11.4 Å². The molecule has 1 N–H and O–H groups in total. The van der Waals surface area contributed by atoms with Crippen molar-refractivity contribution >= 4 is 81.3 Å². The molecule has 296 valence electrons. The summed E-state index contributed by atoms with van der Waals surface area (Å²) in [6.45, 7) is 0. The number of phenolic OH excluding ortho intramolecular Hbond substituents is 1. The molecule has 19 heteroatoms. The molecule has 57 heavy (non-hydrogen) atoms. The predicted molar refractivity (Wildman–Crippen MR) is 204 cm³/mol. The molecule has 6 atom stereocenters. The number of hydrogen-bond acceptors (Lipinski definition) is 12. The molecular weight excluding hydrogens is 792 g/mol. The topological polar surface area (TPSA) is 203 Å². The number of methoxy groups -OCH3 is 2. The average molecular weight is 825 g/mol. The number of ether oxygens (including phenoxy) is 2. The number of benzene rings is 3. The number of phenols is 1. The number of fused-ring (bicyclic) bond motifs is 4. The Balaban J connectivity index is 1.37. The number of halogens is 3. The van der Waals surface area contributed by atoms with Crippen LogP contribution >= 0.6 is 23.2 Å². The Labute approximate surface area is 332 Å². The van der Waals surface area contributed by atoms with Crippen LogP contribution in [0.15, 0.2) is 66.3 Å². The minimum atomic E-state index is -2.26. The molecule has 4 aliphatic rings. The summed E-state index contributed by atoms with van der Waals surface area (Å²) in [6, 6.07) is 9.30. The summed E-state index contributed by atoms with van der Waals surface area (Å²) in [5, 5.41) is 34.8. The molecule has 16 nitrogen and oxygen atoms in total. The highest BCUT2D eigenvalue weighted by Gasteiger charge is 2.76. The molecule has 7 rings (SSSR count). The van der Waals surface area contributed by atoms with Gasteiger partial charge in [0.05, 0.1) is 47.3 Å². The van der Waals surface area contributed by atoms with Crippen LogP contribution in [0.1, 0.15) is 18.4 Å². The summed E-state index contributed by atoms with van der Waals surface area (Å²) in [6.07, 6.45) is 4.19. The monoisotopic (exact) mass is 823 g/mol. The van der Waals surface area contributed by atoms with E-state index < -0.39 is 96.2 Å². The molecule has 1 saturated carbocycles. The van der Waals surface area contributed by atoms with Crippen molar-refractivity contribution in [2.45, 2.75) is 22.6 Å². The number of alkyl halides is 2. The fourth-order valence-corrected chi connectivity index (χ4v) is 9.46. The molecule has 0 bridgehead atoms. The molecule has 2 aliphatic heterocycles. The van der Waals surface area contributed by atoms with Gasteiger partial charge in [-0.1, -0.05) is 23.8 Å². The first kappa shape index (κ1) is 39.2. The van der Waals surface area contributed by atoms with E-state index in [9.17, 15) is 48.9 Å². The van der Waals surface area contributed by atoms with E-state index in [0.29, 0.717) is 16.0 Å². The summed E-state index contributed by atoms with van der Waals surface area (Å²) in [5.74, 6) is -8.94. The lowest BCUT2D eigenvalue weighted by molar-refractivity contribution is -0.392. The van der Waals surface area contributed by atoms with Crippen molar-refractivity contribution < 1.29 is 48.0 Å². The van der Waals surface area contributed by atoms with Crippen molar-refractivity contribution in [3.63, 3.8) is 0 Å². The number of amides is 4. The smallest absolute Gasteiger partial charge is 0.301 e. The van der Waals surface area contributed by atoms with Crippen molar-refractivity contribution in [3.8, 4) is 17.2 Å². The average Bonchev–Trinajstić information content (AvgIpc) is 3.51. The number of anilines is 3. The molecule has 0 spiro atoms. The number of nitrogens with zero attached hydrogens (tertiary/aromatic N) is 5. The van der Waals surface area contributed by atoms with E-state index in [4.69, 9.17) is 32.7 Å². The number of imide groups is 2. The second-order valence-electron chi connectivity index (χ2n) is 14.2. The van der Waals surface area contributed by atoms with Gasteiger partial charge in [-0.15, -0.1) is 23.2 Å². The highest BCUT2D eigenvalue weighted by Crippen LogP contribution is 2.64. The van der Waals surface area contributed by atoms with Crippen LogP contribution in [0.3, 0.4) is 0 Å². The third-order valence-corrected chi connectivity index (χ3v) is 12.5. The van der Waals surface area contributed by atoms with Crippen LogP contribution in [-0.4, -0.2) is 76.6 Å². The van der Waals surface area contributed by atoms with Gasteiger partial charge in [0.2, 0.25) is 17.6 Å². The van der Waals surface area contributed by atoms with E-state index >= 15 is 0 Å². The summed E-state index contributed by atoms with van der Waals surface area (Å²) in [5.41, 5.74) is -1.41. The second-order valence-corrected chi connectivity index (χ2v) is 15.4. The van der Waals surface area contributed by atoms with Gasteiger partial charge < -0.3 is 19.5 Å². The van der Waals surface area contributed by atoms with Crippen LogP contribution in [0, 0.1) is 49.7 Å². The number of nitro groups is 2. The van der Waals surface area contributed by atoms with Gasteiger partial charge in [0, 0.05) is 32.1 Å². The standard InChI is InChI=1S/C38H32Cl2FN5O11/c1-42(2)31-26(45(52)53)15-21(16-27(31)46(54)55)43-33(48)23-11-10-22-24(30(23)34(43)49)17-37(39)35(50)44(20-8-6-19(41)7-9-20)36(51)38(37,40)25(22)12-5-18-13-28(56-3)32(47)29(14-18)57-4/h5-10,12-16,23-25,30,47H,11,17H2,1-4H3/t23-,24+,25-,30-,37+,38-/m0/s1. The molecular formula is C38H32Cl2FN5O11. The molecule has 3 aromatic rings. The van der Waals surface area contributed by atoms with Gasteiger partial charge in [0.15, 0.2) is 26.9 Å². The molecule has 2 heterocycles. The largest absolute Gasteiger partial charge is 0.502 e. The fourth-order valence-electron chi connectivity index (χ4n) is 8.57. The third kappa shape index (κ3) is 5.69. The zero-order valence-corrected chi connectivity index (χ0v) is 32.0. The maximum Gasteiger partial charge on any atom is 0.301 e. The maximum absolute atomic E-state index is 14.6. The van der Waals surface area contributed by atoms with Gasteiger partial charge in [-0.25, -0.2) is 14.2 Å². The van der Waals surface area contributed by atoms with Crippen molar-refractivity contribution in [1.29, 1.82) is 0 Å². The lowest BCUT2D eigenvalue weighted by atomic mass is 9.57. The van der Waals surface area contributed by atoms with Crippen LogP contribution in [-0.2, 0) is 19.2 Å². The lowest BCUT2D eigenvalue weighted by Gasteiger charge is -2.49. The number of rotatable bonds is 9. The first-order chi connectivity index (χ1) is 26.9. The van der Waals surface area contributed by atoms with Crippen molar-refractivity contribution in [2.24, 2.45) is 23.7 Å². The second kappa shape index (κ2) is 13.8. The predicted octanol–water partition coefficient (Wildman–Crippen LogP) is 5.74. The van der Waals surface area contributed by atoms with Gasteiger partial charge in [0.25, 0.3) is 11.8 Å². The van der Waals surface area contributed by atoms with E-state index in [0.717, 1.165) is 29.2 Å². The number of aromatic hydroxyl groups is 1. The van der Waals surface area contributed by atoms with E-state index in [1.54, 1.807) is 6.08 Å². The number of carbonyl (C=O) groups is 4. The van der Waals surface area contributed by atoms with Crippen LogP contribution in [0.2, 0.25) is 0 Å². The zero-order chi connectivity index (χ0) is 41.5. The van der Waals surface area contributed by atoms with Crippen LogP contribution in [0.25, 0.3) is 6.08 Å². The first-order valence-electron chi connectivity index (χ1n) is 17.3. The SMILES string of the molecule is COc1cc(C=C[C@H]2C3=CC[C@@H]4C(=O)N(c5cc([N+](=O)[O-])c(N(C)C)c([N+](=O)[O-])c5)C(=O)[C@@H]4[C@@H]3C[C@@]3(Cl)C(=O)N(c4ccc(F)cc4)C(=O)[C@@]23Cl)cc(OC)c1O. The maximum atomic E-state index is 14.6. The van der Waals surface area contributed by atoms with Gasteiger partial charge in [-0.05, 0) is 60.7 Å². The van der Waals surface area contributed by atoms with Crippen LogP contribution < -0.4 is 24.2 Å². The number of hydrogen-bond donors (Lipinski definition) is 1. The van der Waals surface area contributed by atoms with Crippen LogP contribution in [0.5, 0.6) is 17.2 Å². The van der Waals surface area contributed by atoms with Crippen molar-refractivity contribution in [2.75, 3.05) is 43.0 Å². The Kier molecular flexibility index (Phi) is 9.51. The van der Waals surface area contributed by atoms with E-state index in [2.05, 4.69) is 0 Å². The van der Waals surface area contributed by atoms with Crippen molar-refractivity contribution in [3.05, 3.63) is 97.9 Å². The Morgan fingerprint density at radius 3 is 1.98 bits per heavy atom. The highest BCUT2D eigenvalue weighted by atomic mass is 35.5. The molecule has 3 aromatic carbocycles. The summed E-state index contributed by atoms with van der Waals surface area (Å²) < 4.78 is 24.5. The zero-order valence-electron chi connectivity index (χ0n) is 30.5. The number of allylic oxidation sites excluding steroid dienone is 3. The Morgan fingerprint density at radius 2 is 1.46 bits per heavy atom. The van der Waals surface area contributed by atoms with Gasteiger partial charge in [-0.2, -0.15) is 0 Å². The van der Waals surface area contributed by atoms with E-state index in [-0.39, 0.29) is 35.0 Å². The minimum Gasteiger partial charge on any atom is -0.502 e. The Morgan fingerprint density at radius 1 is 0.877 bits per heavy atom. The number of carbonyl (C=O) groups excluding carboxylic acids is 4. The quantitative estimate of drug-likeness (QED) is 0.0902. The third-order valence-electron chi connectivity index (χ3n) is 11.1. The Hall–Kier alpha value is -6.07. The molecule has 2 aliphatic carbocycles. The number of nitro benzene ring substituents is 2. The van der Waals surface area contributed by atoms with Gasteiger partial charge in [-0.3, -0.25) is 39.4 Å². The van der Waals surface area contributed by atoms with E-state index in [1.165, 1.54) is 69.6 Å². The van der Waals surface area contributed by atoms with E-state index in [1.807, 2.05) is 0 Å². The highest BCUT2D eigenvalue weighted by molar-refractivity contribution is 6.58. The normalized spacial score (nSPS) is 26.6. The molecule has 0 aromatic heterocycles. The molecule has 4 amide bonds. The molecule has 2 saturated heterocycles. The molecule has 0 unspecified atom stereocenters. The summed E-state index contributed by atoms with van der Waals surface area (Å²) in [7, 11) is 5.40. The summed E-state index contributed by atoms with van der Waals surface area (Å²) in [4.78, 5) is 78.5. The molecule has 3 fully saturated rings. The minimum absolute atomic E-state index is 0.0194. The van der Waals surface area contributed by atoms with Crippen molar-refractivity contribution in [1.82, 2.24) is 0 Å². The first-order valence-corrected chi connectivity index (χ1v) is 18.0. The summed E-state index contributed by atoms with van der Waals surface area (Å²) >= 11 is 14.7. The molecule has 0 radical (unpaired) electrons. The van der Waals surface area contributed by atoms with Gasteiger partial charge in [0.1, 0.15) is 5.82 Å². The van der Waals surface area contributed by atoms with Crippen LogP contribution in [0.4, 0.5) is 32.8 Å².